The Kier molecular flexibility index (Phi) is 12.9. The molecule has 0 fully saturated rings. The minimum atomic E-state index is -1.08. The molecule has 1 heterocycles. The Morgan fingerprint density at radius 2 is 1.77 bits per heavy atom. The molecular formula is C33H31F2N2NaO4S. The molecule has 218 valence electrons. The van der Waals surface area contributed by atoms with Crippen LogP contribution in [0.5, 0.6) is 5.75 Å². The Balaban J connectivity index is 0.00000506. The van der Waals surface area contributed by atoms with Crippen molar-refractivity contribution < 1.29 is 28.2 Å². The molecule has 10 heteroatoms. The maximum atomic E-state index is 13.6. The van der Waals surface area contributed by atoms with Crippen LogP contribution >= 0.6 is 11.8 Å². The molecule has 0 aliphatic heterocycles. The molecule has 2 N–H and O–H groups in total. The molecule has 0 aliphatic rings. The number of carbonyl (C=O) groups excluding carboxylic acids is 1. The summed E-state index contributed by atoms with van der Waals surface area (Å²) in [6, 6.07) is 16.9. The van der Waals surface area contributed by atoms with E-state index in [2.05, 4.69) is 10.3 Å². The minimum absolute atomic E-state index is 0. The third-order valence-corrected chi connectivity index (χ3v) is 7.16. The van der Waals surface area contributed by atoms with E-state index < -0.39 is 29.6 Å². The van der Waals surface area contributed by atoms with Gasteiger partial charge >= 0.3 is 35.5 Å². The van der Waals surface area contributed by atoms with Crippen LogP contribution in [-0.2, 0) is 11.4 Å². The second-order valence-electron chi connectivity index (χ2n) is 9.58. The molecule has 0 bridgehead atoms. The number of ether oxygens (including phenoxy) is 1. The number of nitrogens with one attached hydrogen (secondary N) is 1. The molecule has 0 saturated heterocycles. The van der Waals surface area contributed by atoms with E-state index in [1.165, 1.54) is 23.9 Å². The van der Waals surface area contributed by atoms with Crippen molar-refractivity contribution >= 4 is 65.3 Å². The van der Waals surface area contributed by atoms with Crippen molar-refractivity contribution in [2.24, 2.45) is 0 Å². The number of carboxylic acids is 1. The summed E-state index contributed by atoms with van der Waals surface area (Å²) >= 11 is 1.52. The molecule has 4 rings (SSSR count). The van der Waals surface area contributed by atoms with Gasteiger partial charge in [-0.05, 0) is 89.6 Å². The number of rotatable bonds is 12. The average molecular weight is 613 g/mol. The number of aliphatic carboxylic acids is 1. The predicted octanol–water partition coefficient (Wildman–Crippen LogP) is 6.37. The van der Waals surface area contributed by atoms with E-state index in [-0.39, 0.29) is 36.2 Å². The van der Waals surface area contributed by atoms with Crippen molar-refractivity contribution in [3.05, 3.63) is 119 Å². The molecular weight excluding hydrogens is 581 g/mol. The standard InChI is InChI=1S/C33H30F2N2O4S.Na.H/c1-21-5-3-4-6-27(21)29-17-22(8-10-28(29)32(38)37-30(33(39)40)12-14-42-2)7-9-24-19-36-13-11-31(24)41-20-23-15-25(34)18-26(35)16-23;;/h3-11,13,15-19,30H,12,14,20H2,1-2H3,(H,37,38)(H,39,40);;. The van der Waals surface area contributed by atoms with Crippen molar-refractivity contribution in [3.8, 4) is 16.9 Å². The summed E-state index contributed by atoms with van der Waals surface area (Å²) in [7, 11) is 0. The number of benzene rings is 3. The van der Waals surface area contributed by atoms with Crippen LogP contribution in [0, 0.1) is 18.6 Å². The second-order valence-corrected chi connectivity index (χ2v) is 10.6. The molecule has 1 aromatic heterocycles. The van der Waals surface area contributed by atoms with E-state index >= 15 is 0 Å². The van der Waals surface area contributed by atoms with Gasteiger partial charge < -0.3 is 15.2 Å². The Morgan fingerprint density at radius 1 is 1.02 bits per heavy atom. The zero-order chi connectivity index (χ0) is 30.1. The van der Waals surface area contributed by atoms with Gasteiger partial charge in [0.25, 0.3) is 5.91 Å². The van der Waals surface area contributed by atoms with Crippen molar-refractivity contribution in [1.29, 1.82) is 0 Å². The Bertz CT molecular complexity index is 1600. The SMILES string of the molecule is CSCCC(NC(=O)c1ccc(C=Cc2cnccc2OCc2cc(F)cc(F)c2)cc1-c1ccccc1C)C(=O)O.[NaH]. The monoisotopic (exact) mass is 612 g/mol. The van der Waals surface area contributed by atoms with Gasteiger partial charge in [-0.3, -0.25) is 9.78 Å². The Labute approximate surface area is 275 Å². The van der Waals surface area contributed by atoms with Crippen LogP contribution in [0.4, 0.5) is 8.78 Å². The van der Waals surface area contributed by atoms with Crippen LogP contribution in [0.1, 0.15) is 39.0 Å². The second kappa shape index (κ2) is 16.4. The van der Waals surface area contributed by atoms with E-state index in [4.69, 9.17) is 4.74 Å². The van der Waals surface area contributed by atoms with Crippen molar-refractivity contribution in [3.63, 3.8) is 0 Å². The number of carbonyl (C=O) groups is 2. The molecule has 1 unspecified atom stereocenters. The number of amides is 1. The van der Waals surface area contributed by atoms with Crippen LogP contribution in [0.2, 0.25) is 0 Å². The van der Waals surface area contributed by atoms with Crippen LogP contribution in [-0.4, -0.2) is 69.6 Å². The zero-order valence-corrected chi connectivity index (χ0v) is 24.0. The number of halogens is 2. The van der Waals surface area contributed by atoms with E-state index in [1.54, 1.807) is 36.7 Å². The number of nitrogens with zero attached hydrogens (tertiary/aromatic N) is 1. The summed E-state index contributed by atoms with van der Waals surface area (Å²) in [4.78, 5) is 29.2. The van der Waals surface area contributed by atoms with Gasteiger partial charge in [0.2, 0.25) is 0 Å². The molecule has 43 heavy (non-hydrogen) atoms. The van der Waals surface area contributed by atoms with Crippen molar-refractivity contribution in [2.45, 2.75) is 26.0 Å². The molecule has 0 aliphatic carbocycles. The molecule has 1 amide bonds. The first-order valence-electron chi connectivity index (χ1n) is 13.2. The zero-order valence-electron chi connectivity index (χ0n) is 23.1. The fraction of sp³-hybridized carbons (Fsp3) is 0.182. The summed E-state index contributed by atoms with van der Waals surface area (Å²) in [5.41, 5.74) is 4.62. The van der Waals surface area contributed by atoms with Gasteiger partial charge in [0.05, 0.1) is 0 Å². The molecule has 0 spiro atoms. The van der Waals surface area contributed by atoms with Crippen LogP contribution in [0.25, 0.3) is 23.3 Å². The van der Waals surface area contributed by atoms with Crippen molar-refractivity contribution in [1.82, 2.24) is 10.3 Å². The number of aromatic nitrogens is 1. The third-order valence-electron chi connectivity index (χ3n) is 6.52. The van der Waals surface area contributed by atoms with E-state index in [0.717, 1.165) is 22.8 Å². The normalized spacial score (nSPS) is 11.5. The first-order valence-corrected chi connectivity index (χ1v) is 14.6. The third kappa shape index (κ3) is 9.49. The molecule has 3 aromatic carbocycles. The molecule has 4 aromatic rings. The molecule has 6 nitrogen and oxygen atoms in total. The number of pyridine rings is 1. The molecule has 0 radical (unpaired) electrons. The predicted molar refractivity (Wildman–Crippen MR) is 170 cm³/mol. The Hall–Kier alpha value is -3.50. The van der Waals surface area contributed by atoms with Gasteiger partial charge in [0.15, 0.2) is 0 Å². The topological polar surface area (TPSA) is 88.5 Å². The molecule has 0 saturated carbocycles. The summed E-state index contributed by atoms with van der Waals surface area (Å²) in [5, 5.41) is 12.3. The maximum absolute atomic E-state index is 13.6. The van der Waals surface area contributed by atoms with Crippen LogP contribution in [0.15, 0.2) is 79.1 Å². The summed E-state index contributed by atoms with van der Waals surface area (Å²) in [6.45, 7) is 1.91. The fourth-order valence-corrected chi connectivity index (χ4v) is 4.85. The average Bonchev–Trinajstić information content (AvgIpc) is 2.97. The quantitative estimate of drug-likeness (QED) is 0.181. The number of thioether (sulfide) groups is 1. The van der Waals surface area contributed by atoms with Gasteiger partial charge in [-0.25, -0.2) is 13.6 Å². The van der Waals surface area contributed by atoms with E-state index in [9.17, 15) is 23.5 Å². The van der Waals surface area contributed by atoms with Crippen molar-refractivity contribution in [2.75, 3.05) is 12.0 Å². The van der Waals surface area contributed by atoms with Crippen LogP contribution < -0.4 is 10.1 Å². The number of hydrogen-bond acceptors (Lipinski definition) is 5. The van der Waals surface area contributed by atoms with Gasteiger partial charge in [0.1, 0.15) is 30.0 Å². The van der Waals surface area contributed by atoms with E-state index in [0.29, 0.717) is 40.2 Å². The fourth-order valence-electron chi connectivity index (χ4n) is 4.38. The first-order chi connectivity index (χ1) is 20.2. The van der Waals surface area contributed by atoms with Gasteiger partial charge in [-0.2, -0.15) is 11.8 Å². The number of aryl methyl sites for hydroxylation is 1. The summed E-state index contributed by atoms with van der Waals surface area (Å²) in [6.07, 6.45) is 9.01. The summed E-state index contributed by atoms with van der Waals surface area (Å²) in [5.74, 6) is -1.82. The molecule has 1 atom stereocenters. The van der Waals surface area contributed by atoms with Crippen LogP contribution in [0.3, 0.4) is 0 Å². The van der Waals surface area contributed by atoms with E-state index in [1.807, 2.05) is 49.6 Å². The van der Waals surface area contributed by atoms with Gasteiger partial charge in [-0.1, -0.05) is 36.4 Å². The Morgan fingerprint density at radius 3 is 2.47 bits per heavy atom. The first kappa shape index (κ1) is 34.0. The van der Waals surface area contributed by atoms with Gasteiger partial charge in [-0.15, -0.1) is 0 Å². The summed E-state index contributed by atoms with van der Waals surface area (Å²) < 4.78 is 33.0. The van der Waals surface area contributed by atoms with Gasteiger partial charge in [0, 0.05) is 29.6 Å². The number of carboxylic acid groups (broad SMARTS) is 1. The number of hydrogen-bond donors (Lipinski definition) is 2.